The van der Waals surface area contributed by atoms with Crippen molar-refractivity contribution in [3.8, 4) is 0 Å². The third-order valence-electron chi connectivity index (χ3n) is 0. The molecule has 0 aliphatic carbocycles. The van der Waals surface area contributed by atoms with Crippen LogP contribution in [0, 0.1) is 0 Å². The fraction of sp³-hybridized carbons (Fsp3) is 0. The molecule has 0 rings (SSSR count). The normalized spacial score (nSPS) is 9.00. The zero-order chi connectivity index (χ0) is 6.50. The van der Waals surface area contributed by atoms with Crippen LogP contribution in [-0.2, 0) is 27.7 Å². The molecule has 0 radical (unpaired) electrons. The number of hydrogen-bond acceptors (Lipinski definition) is 2. The zero-order valence-corrected chi connectivity index (χ0v) is 5.92. The first-order valence-electron chi connectivity index (χ1n) is 0.949. The fourth-order valence-corrected chi connectivity index (χ4v) is 0. The maximum absolute atomic E-state index is 8.88. The van der Waals surface area contributed by atoms with Crippen molar-refractivity contribution in [2.24, 2.45) is 0 Å². The molecule has 0 aliphatic heterocycles. The van der Waals surface area contributed by atoms with Crippen LogP contribution in [0.5, 0.6) is 0 Å². The Morgan fingerprint density at radius 2 is 1.14 bits per heavy atom. The van der Waals surface area contributed by atoms with Gasteiger partial charge in [-0.15, -0.1) is 0 Å². The molecule has 3 N–H and O–H groups in total. The van der Waals surface area contributed by atoms with Gasteiger partial charge in [-0.2, -0.15) is 0 Å². The summed E-state index contributed by atoms with van der Waals surface area (Å²) < 4.78 is 17.1. The maximum atomic E-state index is 8.88. The van der Waals surface area contributed by atoms with Gasteiger partial charge in [-0.05, 0) is 0 Å². The summed E-state index contributed by atoms with van der Waals surface area (Å²) in [4.78, 5) is 21.6. The van der Waals surface area contributed by atoms with Gasteiger partial charge in [-0.1, -0.05) is 0 Å². The molecule has 7 heteroatoms. The third-order valence-corrected chi connectivity index (χ3v) is 0. The quantitative estimate of drug-likeness (QED) is 0.350. The van der Waals surface area contributed by atoms with Gasteiger partial charge in [0.1, 0.15) is 0 Å². The number of hydrogen-bond donors (Lipinski definition) is 3. The summed E-state index contributed by atoms with van der Waals surface area (Å²) in [5, 5.41) is 0. The predicted molar refractivity (Wildman–Crippen MR) is 14.9 cm³/mol. The van der Waals surface area contributed by atoms with E-state index in [1.54, 1.807) is 0 Å². The summed E-state index contributed by atoms with van der Waals surface area (Å²) in [6, 6.07) is 0. The van der Waals surface area contributed by atoms with Gasteiger partial charge in [0, 0.05) is 0 Å². The molecule has 0 aliphatic rings. The van der Waals surface area contributed by atoms with E-state index in [1.807, 2.05) is 0 Å². The standard InChI is InChI=1S/Mo.H3O4P.O/c;1-5(2,3)4;/h;(H3,1,2,3,4);. The molecule has 0 saturated heterocycles. The average Bonchev–Trinajstić information content (AvgIpc) is 1.36. The van der Waals surface area contributed by atoms with Crippen molar-refractivity contribution >= 4 is 7.82 Å². The van der Waals surface area contributed by atoms with Crippen LogP contribution in [0.2, 0.25) is 0 Å². The molecule has 0 atom stereocenters. The summed E-state index contributed by atoms with van der Waals surface area (Å²) in [6.07, 6.45) is 0. The van der Waals surface area contributed by atoms with E-state index < -0.39 is 7.82 Å². The van der Waals surface area contributed by atoms with Gasteiger partial charge in [0.2, 0.25) is 0 Å². The van der Waals surface area contributed by atoms with Gasteiger partial charge >= 0.3 is 31.0 Å². The van der Waals surface area contributed by atoms with E-state index in [0.717, 1.165) is 0 Å². The first-order valence-corrected chi connectivity index (χ1v) is 3.33. The topological polar surface area (TPSA) is 94.8 Å². The van der Waals surface area contributed by atoms with E-state index >= 15 is 0 Å². The summed E-state index contributed by atoms with van der Waals surface area (Å²) in [7, 11) is -4.64. The predicted octanol–water partition coefficient (Wildman–Crippen LogP) is -1.05. The van der Waals surface area contributed by atoms with Crippen LogP contribution < -0.4 is 0 Å². The molecule has 0 amide bonds. The first kappa shape index (κ1) is 10.6. The van der Waals surface area contributed by atoms with Gasteiger partial charge in [0.05, 0.1) is 0 Å². The Morgan fingerprint density at radius 1 is 1.14 bits per heavy atom. The average molecular weight is 210 g/mol. The number of rotatable bonds is 0. The Balaban J connectivity index is 0. The van der Waals surface area contributed by atoms with Gasteiger partial charge in [0.25, 0.3) is 0 Å². The van der Waals surface area contributed by atoms with E-state index in [-0.39, 0.29) is 0 Å². The van der Waals surface area contributed by atoms with Crippen LogP contribution in [0.1, 0.15) is 0 Å². The molecule has 0 spiro atoms. The van der Waals surface area contributed by atoms with Gasteiger partial charge in [0.15, 0.2) is 0 Å². The molecule has 0 aromatic heterocycles. The summed E-state index contributed by atoms with van der Waals surface area (Å²) >= 11 is 0.700. The van der Waals surface area contributed by atoms with Crippen LogP contribution in [0.25, 0.3) is 0 Å². The van der Waals surface area contributed by atoms with Gasteiger partial charge in [-0.25, -0.2) is 4.57 Å². The second kappa shape index (κ2) is 4.75. The van der Waals surface area contributed by atoms with Crippen LogP contribution in [0.3, 0.4) is 0 Å². The second-order valence-corrected chi connectivity index (χ2v) is 1.54. The van der Waals surface area contributed by atoms with Crippen LogP contribution >= 0.6 is 7.82 Å². The Morgan fingerprint density at radius 3 is 1.14 bits per heavy atom. The zero-order valence-electron chi connectivity index (χ0n) is 3.01. The SMILES string of the molecule is O=P(O)(O)O.[O]=[Mo]. The van der Waals surface area contributed by atoms with E-state index in [4.69, 9.17) is 22.6 Å². The second-order valence-electron chi connectivity index (χ2n) is 0.513. The molecular weight excluding hydrogens is 207 g/mol. The Labute approximate surface area is 50.8 Å². The van der Waals surface area contributed by atoms with Crippen LogP contribution in [-0.4, -0.2) is 14.7 Å². The van der Waals surface area contributed by atoms with Gasteiger partial charge < -0.3 is 14.7 Å². The van der Waals surface area contributed by atoms with Crippen LogP contribution in [0.4, 0.5) is 0 Å². The Bertz CT molecular complexity index is 63.9. The Hall–Kier alpha value is 0.598. The molecule has 0 aromatic rings. The first-order chi connectivity index (χ1) is 3.00. The minimum atomic E-state index is -4.64. The van der Waals surface area contributed by atoms with Crippen molar-refractivity contribution in [1.82, 2.24) is 0 Å². The monoisotopic (exact) mass is 212 g/mol. The summed E-state index contributed by atoms with van der Waals surface area (Å²) in [5.41, 5.74) is 0. The minimum absolute atomic E-state index is 0.700. The van der Waals surface area contributed by atoms with Crippen molar-refractivity contribution in [2.45, 2.75) is 0 Å². The Kier molecular flexibility index (Phi) is 7.16. The third kappa shape index (κ3) is 390. The molecule has 0 unspecified atom stereocenters. The van der Waals surface area contributed by atoms with Crippen molar-refractivity contribution in [3.63, 3.8) is 0 Å². The van der Waals surface area contributed by atoms with E-state index in [9.17, 15) is 0 Å². The van der Waals surface area contributed by atoms with Crippen molar-refractivity contribution in [2.75, 3.05) is 0 Å². The van der Waals surface area contributed by atoms with Crippen LogP contribution in [0.15, 0.2) is 0 Å². The van der Waals surface area contributed by atoms with Gasteiger partial charge in [-0.3, -0.25) is 0 Å². The fourth-order valence-electron chi connectivity index (χ4n) is 0. The molecule has 5 nitrogen and oxygen atoms in total. The summed E-state index contributed by atoms with van der Waals surface area (Å²) in [6.45, 7) is 0. The molecule has 44 valence electrons. The molecular formula is H3MoO5P. The molecule has 7 heavy (non-hydrogen) atoms. The van der Waals surface area contributed by atoms with E-state index in [2.05, 4.69) is 0 Å². The molecule has 0 saturated carbocycles. The molecule has 0 heterocycles. The van der Waals surface area contributed by atoms with Crippen molar-refractivity contribution < 1.29 is 42.4 Å². The summed E-state index contributed by atoms with van der Waals surface area (Å²) in [5.74, 6) is 0. The van der Waals surface area contributed by atoms with E-state index in [1.165, 1.54) is 0 Å². The number of phosphoric acid groups is 1. The molecule has 0 aromatic carbocycles. The van der Waals surface area contributed by atoms with E-state index in [0.29, 0.717) is 19.8 Å². The van der Waals surface area contributed by atoms with Crippen molar-refractivity contribution in [3.05, 3.63) is 0 Å². The van der Waals surface area contributed by atoms with Crippen molar-refractivity contribution in [1.29, 1.82) is 0 Å². The molecule has 0 fully saturated rings. The molecule has 0 bridgehead atoms.